The molecular weight excluding hydrogens is 309 g/mol. The minimum absolute atomic E-state index is 0.171. The monoisotopic (exact) mass is 315 g/mol. The summed E-state index contributed by atoms with van der Waals surface area (Å²) in [5.74, 6) is -0.956. The van der Waals surface area contributed by atoms with Gasteiger partial charge in [-0.2, -0.15) is 0 Å². The Morgan fingerprint density at radius 3 is 2.47 bits per heavy atom. The molecule has 3 nitrogen and oxygen atoms in total. The first-order chi connectivity index (χ1) is 8.97. The van der Waals surface area contributed by atoms with Crippen LogP contribution in [0.15, 0.2) is 30.3 Å². The number of halogens is 3. The fourth-order valence-corrected chi connectivity index (χ4v) is 2.31. The quantitative estimate of drug-likeness (QED) is 0.916. The van der Waals surface area contributed by atoms with Crippen molar-refractivity contribution in [3.63, 3.8) is 0 Å². The highest BCUT2D eigenvalue weighted by Gasteiger charge is 2.12. The van der Waals surface area contributed by atoms with Crippen LogP contribution in [0.3, 0.4) is 0 Å². The summed E-state index contributed by atoms with van der Waals surface area (Å²) in [5, 5.41) is 10.1. The van der Waals surface area contributed by atoms with Crippen molar-refractivity contribution in [2.24, 2.45) is 0 Å². The lowest BCUT2D eigenvalue weighted by molar-refractivity contribution is -0.136. The molecule has 0 aliphatic heterocycles. The molecule has 0 unspecified atom stereocenters. The van der Waals surface area contributed by atoms with Gasteiger partial charge in [-0.1, -0.05) is 34.8 Å². The van der Waals surface area contributed by atoms with Crippen LogP contribution in [0, 0.1) is 0 Å². The van der Waals surface area contributed by atoms with Gasteiger partial charge in [0.1, 0.15) is 0 Å². The lowest BCUT2D eigenvalue weighted by Crippen LogP contribution is -2.03. The van der Waals surface area contributed by atoms with E-state index < -0.39 is 5.97 Å². The summed E-state index contributed by atoms with van der Waals surface area (Å²) in [6.07, 6.45) is -0.171. The molecule has 0 radical (unpaired) electrons. The molecular formula is C13H8Cl3NO2. The minimum Gasteiger partial charge on any atom is -0.481 e. The molecule has 19 heavy (non-hydrogen) atoms. The third-order valence-corrected chi connectivity index (χ3v) is 3.28. The summed E-state index contributed by atoms with van der Waals surface area (Å²) in [4.78, 5) is 14.9. The molecule has 0 spiro atoms. The SMILES string of the molecule is O=C(O)Cc1ccc(Cl)c(-c2ccc(Cl)cc2Cl)n1. The summed E-state index contributed by atoms with van der Waals surface area (Å²) in [6.45, 7) is 0. The Hall–Kier alpha value is -1.29. The molecule has 6 heteroatoms. The highest BCUT2D eigenvalue weighted by Crippen LogP contribution is 2.33. The van der Waals surface area contributed by atoms with E-state index in [4.69, 9.17) is 39.9 Å². The minimum atomic E-state index is -0.956. The smallest absolute Gasteiger partial charge is 0.309 e. The molecule has 0 aliphatic rings. The molecule has 98 valence electrons. The summed E-state index contributed by atoms with van der Waals surface area (Å²) in [6, 6.07) is 8.13. The Morgan fingerprint density at radius 1 is 1.11 bits per heavy atom. The maximum absolute atomic E-state index is 10.7. The van der Waals surface area contributed by atoms with E-state index >= 15 is 0 Å². The van der Waals surface area contributed by atoms with E-state index in [1.54, 1.807) is 30.3 Å². The highest BCUT2D eigenvalue weighted by molar-refractivity contribution is 6.37. The van der Waals surface area contributed by atoms with Gasteiger partial charge in [0.2, 0.25) is 0 Å². The average Bonchev–Trinajstić information content (AvgIpc) is 2.31. The van der Waals surface area contributed by atoms with Crippen molar-refractivity contribution >= 4 is 40.8 Å². The maximum Gasteiger partial charge on any atom is 0.309 e. The first-order valence-electron chi connectivity index (χ1n) is 5.30. The molecule has 0 atom stereocenters. The van der Waals surface area contributed by atoms with E-state index in [0.29, 0.717) is 32.0 Å². The van der Waals surface area contributed by atoms with E-state index in [1.807, 2.05) is 0 Å². The van der Waals surface area contributed by atoms with Crippen LogP contribution in [0.4, 0.5) is 0 Å². The Labute approximate surface area is 124 Å². The number of benzene rings is 1. The lowest BCUT2D eigenvalue weighted by Gasteiger charge is -2.08. The Morgan fingerprint density at radius 2 is 1.84 bits per heavy atom. The number of rotatable bonds is 3. The summed E-state index contributed by atoms with van der Waals surface area (Å²) in [5.41, 5.74) is 1.48. The van der Waals surface area contributed by atoms with Gasteiger partial charge in [0.05, 0.1) is 27.9 Å². The predicted octanol–water partition coefficient (Wildman–Crippen LogP) is 4.34. The molecule has 2 rings (SSSR count). The summed E-state index contributed by atoms with van der Waals surface area (Å²) >= 11 is 18.0. The van der Waals surface area contributed by atoms with Gasteiger partial charge in [0, 0.05) is 10.6 Å². The van der Waals surface area contributed by atoms with E-state index in [9.17, 15) is 4.79 Å². The van der Waals surface area contributed by atoms with Crippen molar-refractivity contribution in [2.75, 3.05) is 0 Å². The number of carboxylic acid groups (broad SMARTS) is 1. The van der Waals surface area contributed by atoms with Crippen LogP contribution in [0.2, 0.25) is 15.1 Å². The van der Waals surface area contributed by atoms with Gasteiger partial charge >= 0.3 is 5.97 Å². The summed E-state index contributed by atoms with van der Waals surface area (Å²) in [7, 11) is 0. The topological polar surface area (TPSA) is 50.2 Å². The zero-order valence-corrected chi connectivity index (χ0v) is 11.8. The van der Waals surface area contributed by atoms with Crippen LogP contribution >= 0.6 is 34.8 Å². The van der Waals surface area contributed by atoms with Crippen LogP contribution in [-0.2, 0) is 11.2 Å². The van der Waals surface area contributed by atoms with Gasteiger partial charge in [-0.3, -0.25) is 9.78 Å². The first-order valence-corrected chi connectivity index (χ1v) is 6.43. The van der Waals surface area contributed by atoms with Gasteiger partial charge in [-0.15, -0.1) is 0 Å². The second-order valence-electron chi connectivity index (χ2n) is 3.83. The van der Waals surface area contributed by atoms with Crippen LogP contribution in [0.25, 0.3) is 11.3 Å². The number of nitrogens with zero attached hydrogens (tertiary/aromatic N) is 1. The zero-order valence-electron chi connectivity index (χ0n) is 9.53. The molecule has 0 aliphatic carbocycles. The fourth-order valence-electron chi connectivity index (χ4n) is 1.61. The van der Waals surface area contributed by atoms with Gasteiger partial charge < -0.3 is 5.11 Å². The lowest BCUT2D eigenvalue weighted by atomic mass is 10.1. The normalized spacial score (nSPS) is 10.5. The molecule has 0 bridgehead atoms. The van der Waals surface area contributed by atoms with Gasteiger partial charge in [-0.25, -0.2) is 0 Å². The number of carbonyl (C=O) groups is 1. The van der Waals surface area contributed by atoms with Crippen LogP contribution in [-0.4, -0.2) is 16.1 Å². The van der Waals surface area contributed by atoms with Crippen molar-refractivity contribution in [1.29, 1.82) is 0 Å². The largest absolute Gasteiger partial charge is 0.481 e. The molecule has 0 amide bonds. The Bertz CT molecular complexity index is 644. The Balaban J connectivity index is 2.51. The first kappa shape index (κ1) is 14.1. The zero-order chi connectivity index (χ0) is 14.0. The maximum atomic E-state index is 10.7. The molecule has 1 N–H and O–H groups in total. The second kappa shape index (κ2) is 5.78. The number of carboxylic acids is 1. The number of aliphatic carboxylic acids is 1. The molecule has 0 saturated carbocycles. The number of hydrogen-bond acceptors (Lipinski definition) is 2. The molecule has 0 saturated heterocycles. The molecule has 2 aromatic rings. The number of pyridine rings is 1. The average molecular weight is 317 g/mol. The van der Waals surface area contributed by atoms with Crippen molar-refractivity contribution < 1.29 is 9.90 Å². The van der Waals surface area contributed by atoms with E-state index in [0.717, 1.165) is 0 Å². The van der Waals surface area contributed by atoms with Crippen molar-refractivity contribution in [3.05, 3.63) is 51.1 Å². The van der Waals surface area contributed by atoms with Crippen molar-refractivity contribution in [2.45, 2.75) is 6.42 Å². The highest BCUT2D eigenvalue weighted by atomic mass is 35.5. The standard InChI is InChI=1S/C13H8Cl3NO2/c14-7-1-3-9(11(16)5-7)13-10(15)4-2-8(17-13)6-12(18)19/h1-5H,6H2,(H,18,19). The molecule has 1 aromatic heterocycles. The van der Waals surface area contributed by atoms with Crippen LogP contribution in [0.1, 0.15) is 5.69 Å². The third-order valence-electron chi connectivity index (χ3n) is 2.42. The third kappa shape index (κ3) is 3.38. The molecule has 0 fully saturated rings. The molecule has 1 heterocycles. The van der Waals surface area contributed by atoms with Crippen LogP contribution < -0.4 is 0 Å². The van der Waals surface area contributed by atoms with Gasteiger partial charge in [-0.05, 0) is 30.3 Å². The van der Waals surface area contributed by atoms with E-state index in [1.165, 1.54) is 0 Å². The molecule has 1 aromatic carbocycles. The van der Waals surface area contributed by atoms with Crippen molar-refractivity contribution in [3.8, 4) is 11.3 Å². The van der Waals surface area contributed by atoms with E-state index in [-0.39, 0.29) is 6.42 Å². The van der Waals surface area contributed by atoms with Crippen LogP contribution in [0.5, 0.6) is 0 Å². The fraction of sp³-hybridized carbons (Fsp3) is 0.0769. The van der Waals surface area contributed by atoms with E-state index in [2.05, 4.69) is 4.98 Å². The second-order valence-corrected chi connectivity index (χ2v) is 5.08. The van der Waals surface area contributed by atoms with Gasteiger partial charge in [0.15, 0.2) is 0 Å². The predicted molar refractivity (Wildman–Crippen MR) is 76.0 cm³/mol. The number of aromatic nitrogens is 1. The summed E-state index contributed by atoms with van der Waals surface area (Å²) < 4.78 is 0. The van der Waals surface area contributed by atoms with Gasteiger partial charge in [0.25, 0.3) is 0 Å². The number of hydrogen-bond donors (Lipinski definition) is 1. The Kier molecular flexibility index (Phi) is 4.30. The van der Waals surface area contributed by atoms with Crippen molar-refractivity contribution in [1.82, 2.24) is 4.98 Å².